The van der Waals surface area contributed by atoms with Crippen LogP contribution in [-0.2, 0) is 5.41 Å². The zero-order valence-corrected chi connectivity index (χ0v) is 10.7. The second-order valence-electron chi connectivity index (χ2n) is 5.08. The fraction of sp³-hybridized carbons (Fsp3) is 0.250. The van der Waals surface area contributed by atoms with Crippen LogP contribution in [0.25, 0.3) is 0 Å². The highest BCUT2D eigenvalue weighted by molar-refractivity contribution is 5.55. The van der Waals surface area contributed by atoms with Crippen molar-refractivity contribution in [3.05, 3.63) is 65.2 Å². The molecule has 0 saturated carbocycles. The Morgan fingerprint density at radius 3 is 2.24 bits per heavy atom. The highest BCUT2D eigenvalue weighted by atomic mass is 14.6. The van der Waals surface area contributed by atoms with Crippen molar-refractivity contribution in [1.82, 2.24) is 0 Å². The minimum atomic E-state index is -0.0582. The first kappa shape index (κ1) is 11.7. The van der Waals surface area contributed by atoms with Gasteiger partial charge in [0.25, 0.3) is 0 Å². The van der Waals surface area contributed by atoms with Crippen molar-refractivity contribution in [1.29, 1.82) is 0 Å². The molecule has 0 aliphatic heterocycles. The van der Waals surface area contributed by atoms with Crippen LogP contribution >= 0.6 is 0 Å². The molecule has 2 rings (SSSR count). The van der Waals surface area contributed by atoms with E-state index in [1.807, 2.05) is 12.1 Å². The molecule has 0 spiro atoms. The lowest BCUT2D eigenvalue weighted by Gasteiger charge is -2.28. The van der Waals surface area contributed by atoms with Gasteiger partial charge in [0.15, 0.2) is 0 Å². The number of rotatable bonds is 2. The summed E-state index contributed by atoms with van der Waals surface area (Å²) in [5, 5.41) is 0. The summed E-state index contributed by atoms with van der Waals surface area (Å²) in [5.74, 6) is 0. The molecule has 0 bridgehead atoms. The molecule has 0 heterocycles. The second-order valence-corrected chi connectivity index (χ2v) is 5.08. The Labute approximate surface area is 103 Å². The van der Waals surface area contributed by atoms with Crippen LogP contribution in [0.2, 0.25) is 0 Å². The Balaban J connectivity index is 2.55. The van der Waals surface area contributed by atoms with Crippen molar-refractivity contribution in [2.75, 3.05) is 5.73 Å². The van der Waals surface area contributed by atoms with Crippen LogP contribution in [0.5, 0.6) is 0 Å². The second kappa shape index (κ2) is 4.25. The predicted octanol–water partition coefficient (Wildman–Crippen LogP) is 3.90. The average molecular weight is 225 g/mol. The number of hydrogen-bond donors (Lipinski definition) is 1. The van der Waals surface area contributed by atoms with Gasteiger partial charge < -0.3 is 5.73 Å². The van der Waals surface area contributed by atoms with E-state index in [2.05, 4.69) is 57.2 Å². The summed E-state index contributed by atoms with van der Waals surface area (Å²) in [7, 11) is 0. The number of hydrogen-bond acceptors (Lipinski definition) is 1. The molecule has 0 aliphatic rings. The minimum absolute atomic E-state index is 0.0582. The van der Waals surface area contributed by atoms with E-state index in [1.165, 1.54) is 16.7 Å². The van der Waals surface area contributed by atoms with Gasteiger partial charge in [-0.15, -0.1) is 0 Å². The molecule has 0 radical (unpaired) electrons. The summed E-state index contributed by atoms with van der Waals surface area (Å²) in [4.78, 5) is 0. The predicted molar refractivity (Wildman–Crippen MR) is 74.2 cm³/mol. The average Bonchev–Trinajstić information content (AvgIpc) is 2.33. The van der Waals surface area contributed by atoms with Crippen molar-refractivity contribution in [3.63, 3.8) is 0 Å². The van der Waals surface area contributed by atoms with Gasteiger partial charge in [-0.2, -0.15) is 0 Å². The number of benzene rings is 2. The molecule has 0 aliphatic carbocycles. The number of nitrogen functional groups attached to an aromatic ring is 1. The van der Waals surface area contributed by atoms with E-state index in [9.17, 15) is 0 Å². The molecule has 2 aromatic rings. The molecule has 0 aromatic heterocycles. The van der Waals surface area contributed by atoms with Gasteiger partial charge in [0.1, 0.15) is 0 Å². The highest BCUT2D eigenvalue weighted by Crippen LogP contribution is 2.35. The van der Waals surface area contributed by atoms with Gasteiger partial charge in [-0.25, -0.2) is 0 Å². The van der Waals surface area contributed by atoms with Gasteiger partial charge in [0.05, 0.1) is 0 Å². The van der Waals surface area contributed by atoms with Crippen molar-refractivity contribution < 1.29 is 0 Å². The van der Waals surface area contributed by atoms with E-state index in [1.54, 1.807) is 0 Å². The van der Waals surface area contributed by atoms with Crippen LogP contribution < -0.4 is 5.73 Å². The van der Waals surface area contributed by atoms with E-state index in [4.69, 9.17) is 5.73 Å². The number of nitrogens with two attached hydrogens (primary N) is 1. The van der Waals surface area contributed by atoms with Gasteiger partial charge >= 0.3 is 0 Å². The molecule has 2 aromatic carbocycles. The van der Waals surface area contributed by atoms with Crippen LogP contribution in [0.15, 0.2) is 48.5 Å². The maximum atomic E-state index is 6.11. The summed E-state index contributed by atoms with van der Waals surface area (Å²) < 4.78 is 0. The molecular weight excluding hydrogens is 206 g/mol. The Morgan fingerprint density at radius 1 is 0.941 bits per heavy atom. The summed E-state index contributed by atoms with van der Waals surface area (Å²) in [6.45, 7) is 6.53. The Morgan fingerprint density at radius 2 is 1.59 bits per heavy atom. The molecule has 0 fully saturated rings. The first-order chi connectivity index (χ1) is 8.01. The van der Waals surface area contributed by atoms with Gasteiger partial charge in [-0.3, -0.25) is 0 Å². The quantitative estimate of drug-likeness (QED) is 0.771. The number of anilines is 1. The monoisotopic (exact) mass is 225 g/mol. The third-order valence-corrected chi connectivity index (χ3v) is 3.38. The molecule has 0 unspecified atom stereocenters. The third-order valence-electron chi connectivity index (χ3n) is 3.38. The summed E-state index contributed by atoms with van der Waals surface area (Å²) in [5.41, 5.74) is 10.7. The van der Waals surface area contributed by atoms with Crippen molar-refractivity contribution in [2.45, 2.75) is 26.2 Å². The van der Waals surface area contributed by atoms with Gasteiger partial charge in [-0.1, -0.05) is 61.9 Å². The van der Waals surface area contributed by atoms with Gasteiger partial charge in [0, 0.05) is 11.1 Å². The first-order valence-electron chi connectivity index (χ1n) is 5.94. The maximum absolute atomic E-state index is 6.11. The molecule has 17 heavy (non-hydrogen) atoms. The van der Waals surface area contributed by atoms with Crippen LogP contribution in [0.1, 0.15) is 30.5 Å². The van der Waals surface area contributed by atoms with Crippen LogP contribution in [-0.4, -0.2) is 0 Å². The summed E-state index contributed by atoms with van der Waals surface area (Å²) in [6, 6.07) is 16.7. The topological polar surface area (TPSA) is 26.0 Å². The Hall–Kier alpha value is -1.76. The molecule has 2 N–H and O–H groups in total. The Bertz CT molecular complexity index is 512. The summed E-state index contributed by atoms with van der Waals surface area (Å²) in [6.07, 6.45) is 0. The molecular formula is C16H19N. The lowest BCUT2D eigenvalue weighted by Crippen LogP contribution is -2.20. The van der Waals surface area contributed by atoms with Crippen molar-refractivity contribution >= 4 is 5.69 Å². The molecule has 1 nitrogen and oxygen atoms in total. The summed E-state index contributed by atoms with van der Waals surface area (Å²) >= 11 is 0. The molecule has 1 heteroatoms. The third kappa shape index (κ3) is 2.19. The van der Waals surface area contributed by atoms with Crippen LogP contribution in [0.3, 0.4) is 0 Å². The fourth-order valence-electron chi connectivity index (χ4n) is 2.22. The van der Waals surface area contributed by atoms with Gasteiger partial charge in [0.2, 0.25) is 0 Å². The fourth-order valence-corrected chi connectivity index (χ4v) is 2.22. The van der Waals surface area contributed by atoms with E-state index >= 15 is 0 Å². The zero-order valence-electron chi connectivity index (χ0n) is 10.7. The van der Waals surface area contributed by atoms with Crippen molar-refractivity contribution in [2.24, 2.45) is 0 Å². The lowest BCUT2D eigenvalue weighted by atomic mass is 9.77. The van der Waals surface area contributed by atoms with Crippen molar-refractivity contribution in [3.8, 4) is 0 Å². The first-order valence-corrected chi connectivity index (χ1v) is 5.94. The minimum Gasteiger partial charge on any atom is -0.398 e. The molecule has 88 valence electrons. The SMILES string of the molecule is Cc1ccc(N)c(C(C)(C)c2ccccc2)c1. The maximum Gasteiger partial charge on any atom is 0.0355 e. The zero-order chi connectivity index (χ0) is 12.5. The van der Waals surface area contributed by atoms with E-state index in [-0.39, 0.29) is 5.41 Å². The van der Waals surface area contributed by atoms with Crippen LogP contribution in [0, 0.1) is 6.92 Å². The van der Waals surface area contributed by atoms with E-state index in [0.29, 0.717) is 0 Å². The lowest BCUT2D eigenvalue weighted by molar-refractivity contribution is 0.642. The molecule has 0 amide bonds. The largest absolute Gasteiger partial charge is 0.398 e. The van der Waals surface area contributed by atoms with E-state index < -0.39 is 0 Å². The van der Waals surface area contributed by atoms with Crippen LogP contribution in [0.4, 0.5) is 5.69 Å². The van der Waals surface area contributed by atoms with E-state index in [0.717, 1.165) is 5.69 Å². The van der Waals surface area contributed by atoms with Gasteiger partial charge in [-0.05, 0) is 24.1 Å². The number of aryl methyl sites for hydroxylation is 1. The normalized spacial score (nSPS) is 11.5. The smallest absolute Gasteiger partial charge is 0.0355 e. The highest BCUT2D eigenvalue weighted by Gasteiger charge is 2.24. The molecule has 0 saturated heterocycles. The molecule has 0 atom stereocenters. The Kier molecular flexibility index (Phi) is 2.93. The standard InChI is InChI=1S/C16H19N/c1-12-9-10-15(17)14(11-12)16(2,3)13-7-5-4-6-8-13/h4-11H,17H2,1-3H3.